The number of nitrogens with zero attached hydrogens (tertiary/aromatic N) is 2. The zero-order valence-electron chi connectivity index (χ0n) is 14.2. The van der Waals surface area contributed by atoms with E-state index in [1.165, 1.54) is 6.42 Å². The predicted molar refractivity (Wildman–Crippen MR) is 96.2 cm³/mol. The molecule has 1 aliphatic carbocycles. The Morgan fingerprint density at radius 3 is 2.08 bits per heavy atom. The minimum Gasteiger partial charge on any atom is -0.310 e. The Hall–Kier alpha value is -1.97. The van der Waals surface area contributed by atoms with Crippen LogP contribution >= 0.6 is 0 Å². The maximum atomic E-state index is 11.3. The van der Waals surface area contributed by atoms with Gasteiger partial charge in [-0.05, 0) is 43.7 Å². The summed E-state index contributed by atoms with van der Waals surface area (Å²) in [6.45, 7) is 2.09. The fraction of sp³-hybridized carbons (Fsp3) is 0.381. The predicted octanol–water partition coefficient (Wildman–Crippen LogP) is 4.76. The largest absolute Gasteiger partial charge is 0.310 e. The van der Waals surface area contributed by atoms with Gasteiger partial charge in [0, 0.05) is 0 Å². The first kappa shape index (κ1) is 15.6. The van der Waals surface area contributed by atoms with Crippen molar-refractivity contribution in [3.63, 3.8) is 0 Å². The molecular weight excluding hydrogens is 296 g/mol. The lowest BCUT2D eigenvalue weighted by Gasteiger charge is -2.42. The molecule has 2 aliphatic rings. The summed E-state index contributed by atoms with van der Waals surface area (Å²) in [6.07, 6.45) is 5.30. The Kier molecular flexibility index (Phi) is 3.78. The van der Waals surface area contributed by atoms with E-state index in [-0.39, 0.29) is 0 Å². The quantitative estimate of drug-likeness (QED) is 0.866. The lowest BCUT2D eigenvalue weighted by molar-refractivity contribution is -0.215. The molecule has 24 heavy (non-hydrogen) atoms. The molecule has 1 fully saturated rings. The molecule has 0 saturated heterocycles. The van der Waals surface area contributed by atoms with Gasteiger partial charge in [-0.25, -0.2) is 0 Å². The molecule has 1 aliphatic heterocycles. The Morgan fingerprint density at radius 1 is 0.875 bits per heavy atom. The number of aliphatic imine (C=N–C) groups is 1. The van der Waals surface area contributed by atoms with Crippen LogP contribution in [0.3, 0.4) is 0 Å². The smallest absolute Gasteiger partial charge is 0.137 e. The average Bonchev–Trinajstić information content (AvgIpc) is 2.87. The highest BCUT2D eigenvalue weighted by Crippen LogP contribution is 2.48. The second kappa shape index (κ2) is 5.83. The summed E-state index contributed by atoms with van der Waals surface area (Å²) in [5.74, 6) is 0. The third-order valence-electron chi connectivity index (χ3n) is 5.64. The number of hydroxylamine groups is 2. The maximum Gasteiger partial charge on any atom is 0.137 e. The van der Waals surface area contributed by atoms with Crippen molar-refractivity contribution in [1.29, 1.82) is 0 Å². The summed E-state index contributed by atoms with van der Waals surface area (Å²) in [6, 6.07) is 20.5. The molecule has 1 N–H and O–H groups in total. The van der Waals surface area contributed by atoms with Crippen LogP contribution in [0.4, 0.5) is 0 Å². The van der Waals surface area contributed by atoms with Crippen molar-refractivity contribution in [3.8, 4) is 0 Å². The van der Waals surface area contributed by atoms with Gasteiger partial charge >= 0.3 is 0 Å². The van der Waals surface area contributed by atoms with Gasteiger partial charge in [-0.3, -0.25) is 4.99 Å². The lowest BCUT2D eigenvalue weighted by Crippen LogP contribution is -2.53. The first-order valence-electron chi connectivity index (χ1n) is 8.87. The second-order valence-corrected chi connectivity index (χ2v) is 7.12. The summed E-state index contributed by atoms with van der Waals surface area (Å²) in [5.41, 5.74) is 2.04. The molecule has 1 saturated carbocycles. The molecule has 0 bridgehead atoms. The van der Waals surface area contributed by atoms with E-state index < -0.39 is 11.2 Å². The highest BCUT2D eigenvalue weighted by Gasteiger charge is 2.55. The topological polar surface area (TPSA) is 35.8 Å². The zero-order chi connectivity index (χ0) is 16.6. The molecule has 0 radical (unpaired) electrons. The van der Waals surface area contributed by atoms with Crippen molar-refractivity contribution < 1.29 is 5.21 Å². The molecule has 1 unspecified atom stereocenters. The van der Waals surface area contributed by atoms with E-state index in [0.717, 1.165) is 42.5 Å². The molecule has 3 heteroatoms. The third kappa shape index (κ3) is 2.23. The van der Waals surface area contributed by atoms with Gasteiger partial charge < -0.3 is 5.21 Å². The molecule has 124 valence electrons. The first-order valence-corrected chi connectivity index (χ1v) is 8.87. The van der Waals surface area contributed by atoms with Gasteiger partial charge in [-0.15, -0.1) is 5.06 Å². The fourth-order valence-corrected chi connectivity index (χ4v) is 4.29. The van der Waals surface area contributed by atoms with E-state index in [2.05, 4.69) is 31.2 Å². The number of hydrogen-bond donors (Lipinski definition) is 1. The normalized spacial score (nSPS) is 26.5. The highest BCUT2D eigenvalue weighted by atomic mass is 16.5. The monoisotopic (exact) mass is 320 g/mol. The van der Waals surface area contributed by atoms with E-state index >= 15 is 0 Å². The lowest BCUT2D eigenvalue weighted by atomic mass is 9.82. The minimum absolute atomic E-state index is 0.478. The molecule has 1 heterocycles. The zero-order valence-corrected chi connectivity index (χ0v) is 14.2. The SMILES string of the molecule is CC1(c2ccccc2)C(c2ccccc2)=NC2(CCCCC2)N1O. The average molecular weight is 320 g/mol. The fourth-order valence-electron chi connectivity index (χ4n) is 4.29. The first-order chi connectivity index (χ1) is 11.7. The summed E-state index contributed by atoms with van der Waals surface area (Å²) in [5, 5.41) is 12.9. The third-order valence-corrected chi connectivity index (χ3v) is 5.64. The molecule has 0 amide bonds. The van der Waals surface area contributed by atoms with Crippen LogP contribution in [0.25, 0.3) is 0 Å². The van der Waals surface area contributed by atoms with Gasteiger partial charge in [0.25, 0.3) is 0 Å². The van der Waals surface area contributed by atoms with Crippen LogP contribution in [0, 0.1) is 0 Å². The van der Waals surface area contributed by atoms with Gasteiger partial charge in [0.2, 0.25) is 0 Å². The van der Waals surface area contributed by atoms with Crippen molar-refractivity contribution in [2.75, 3.05) is 0 Å². The van der Waals surface area contributed by atoms with Crippen LogP contribution in [0.15, 0.2) is 65.7 Å². The summed E-state index contributed by atoms with van der Waals surface area (Å²) < 4.78 is 0. The van der Waals surface area contributed by atoms with Crippen molar-refractivity contribution in [3.05, 3.63) is 71.8 Å². The number of benzene rings is 2. The van der Waals surface area contributed by atoms with Crippen LogP contribution in [-0.4, -0.2) is 21.6 Å². The maximum absolute atomic E-state index is 11.3. The van der Waals surface area contributed by atoms with Crippen LogP contribution < -0.4 is 0 Å². The molecular formula is C21H24N2O. The molecule has 2 aromatic rings. The van der Waals surface area contributed by atoms with Crippen LogP contribution in [0.1, 0.15) is 50.2 Å². The van der Waals surface area contributed by atoms with Crippen LogP contribution in [0.5, 0.6) is 0 Å². The molecule has 1 atom stereocenters. The van der Waals surface area contributed by atoms with E-state index in [1.807, 2.05) is 36.4 Å². The molecule has 2 aromatic carbocycles. The number of rotatable bonds is 2. The number of hydrogen-bond acceptors (Lipinski definition) is 3. The van der Waals surface area contributed by atoms with Gasteiger partial charge in [-0.1, -0.05) is 67.1 Å². The van der Waals surface area contributed by atoms with Gasteiger partial charge in [0.15, 0.2) is 0 Å². The van der Waals surface area contributed by atoms with Crippen molar-refractivity contribution in [2.24, 2.45) is 4.99 Å². The standard InChI is InChI=1S/C21H24N2O/c1-20(18-13-7-3-8-14-18)19(17-11-5-2-6-12-17)22-21(23(20)24)15-9-4-10-16-21/h2-3,5-8,11-14,24H,4,9-10,15-16H2,1H3. The molecule has 0 aromatic heterocycles. The van der Waals surface area contributed by atoms with Crippen LogP contribution in [0.2, 0.25) is 0 Å². The Labute approximate surface area is 143 Å². The summed E-state index contributed by atoms with van der Waals surface area (Å²) in [4.78, 5) is 5.15. The van der Waals surface area contributed by atoms with Gasteiger partial charge in [-0.2, -0.15) is 0 Å². The summed E-state index contributed by atoms with van der Waals surface area (Å²) in [7, 11) is 0. The van der Waals surface area contributed by atoms with Crippen LogP contribution in [-0.2, 0) is 5.54 Å². The van der Waals surface area contributed by atoms with Gasteiger partial charge in [0.1, 0.15) is 11.2 Å². The molecule has 1 spiro atoms. The van der Waals surface area contributed by atoms with E-state index in [0.29, 0.717) is 0 Å². The highest BCUT2D eigenvalue weighted by molar-refractivity contribution is 6.08. The minimum atomic E-state index is -0.625. The Bertz CT molecular complexity index is 735. The second-order valence-electron chi connectivity index (χ2n) is 7.12. The van der Waals surface area contributed by atoms with Crippen molar-refractivity contribution in [1.82, 2.24) is 5.06 Å². The van der Waals surface area contributed by atoms with E-state index in [4.69, 9.17) is 4.99 Å². The Balaban J connectivity index is 1.89. The molecule has 3 nitrogen and oxygen atoms in total. The van der Waals surface area contributed by atoms with Crippen molar-refractivity contribution >= 4 is 5.71 Å². The Morgan fingerprint density at radius 2 is 1.46 bits per heavy atom. The molecule has 4 rings (SSSR count). The van der Waals surface area contributed by atoms with E-state index in [9.17, 15) is 5.21 Å². The summed E-state index contributed by atoms with van der Waals surface area (Å²) >= 11 is 0. The van der Waals surface area contributed by atoms with Gasteiger partial charge in [0.05, 0.1) is 5.71 Å². The van der Waals surface area contributed by atoms with E-state index in [1.54, 1.807) is 5.06 Å². The van der Waals surface area contributed by atoms with Crippen molar-refractivity contribution in [2.45, 2.75) is 50.2 Å².